The van der Waals surface area contributed by atoms with E-state index in [1.165, 1.54) is 5.57 Å². The minimum absolute atomic E-state index is 0.00617. The van der Waals surface area contributed by atoms with Gasteiger partial charge >= 0.3 is 0 Å². The standard InChI is InChI=1S/C24H46O3Si2/c1-18-13-20(16-25)21(22(15-18)27-29(11,12)24(6,7)8)14-19(2)17-26-28(9,10)23(3,4)5/h13-15,18,21,25H,16-17H2,1-12H3. The van der Waals surface area contributed by atoms with Crippen LogP contribution in [0.15, 0.2) is 35.1 Å². The fraction of sp³-hybridized carbons (Fsp3) is 0.750. The van der Waals surface area contributed by atoms with Crippen molar-refractivity contribution in [2.24, 2.45) is 11.8 Å². The zero-order valence-corrected chi connectivity index (χ0v) is 23.1. The highest BCUT2D eigenvalue weighted by Gasteiger charge is 2.41. The van der Waals surface area contributed by atoms with Crippen LogP contribution in [0, 0.1) is 11.8 Å². The van der Waals surface area contributed by atoms with Gasteiger partial charge in [0.05, 0.1) is 24.9 Å². The van der Waals surface area contributed by atoms with Gasteiger partial charge in [-0.2, -0.15) is 0 Å². The van der Waals surface area contributed by atoms with Crippen molar-refractivity contribution in [1.29, 1.82) is 0 Å². The van der Waals surface area contributed by atoms with Crippen LogP contribution in [0.3, 0.4) is 0 Å². The number of rotatable bonds is 7. The zero-order valence-electron chi connectivity index (χ0n) is 21.1. The Kier molecular flexibility index (Phi) is 8.42. The summed E-state index contributed by atoms with van der Waals surface area (Å²) in [6.07, 6.45) is 6.63. The molecule has 2 unspecified atom stereocenters. The van der Waals surface area contributed by atoms with Gasteiger partial charge in [-0.15, -0.1) is 0 Å². The van der Waals surface area contributed by atoms with Crippen LogP contribution in [-0.2, 0) is 8.85 Å². The Hall–Kier alpha value is -0.626. The molecule has 0 saturated carbocycles. The van der Waals surface area contributed by atoms with E-state index in [0.717, 1.165) is 11.3 Å². The minimum atomic E-state index is -1.96. The Morgan fingerprint density at radius 1 is 1.00 bits per heavy atom. The highest BCUT2D eigenvalue weighted by molar-refractivity contribution is 6.74. The van der Waals surface area contributed by atoms with E-state index in [2.05, 4.69) is 99.8 Å². The first kappa shape index (κ1) is 26.4. The third kappa shape index (κ3) is 6.95. The van der Waals surface area contributed by atoms with Crippen molar-refractivity contribution >= 4 is 16.6 Å². The Bertz CT molecular complexity index is 659. The topological polar surface area (TPSA) is 38.7 Å². The summed E-state index contributed by atoms with van der Waals surface area (Å²) in [5, 5.41) is 10.4. The van der Waals surface area contributed by atoms with Gasteiger partial charge in [-0.1, -0.05) is 66.2 Å². The lowest BCUT2D eigenvalue weighted by molar-refractivity contribution is 0.294. The molecule has 1 rings (SSSR count). The molecule has 0 radical (unpaired) electrons. The van der Waals surface area contributed by atoms with Crippen molar-refractivity contribution in [2.45, 2.75) is 91.7 Å². The van der Waals surface area contributed by atoms with Crippen molar-refractivity contribution in [3.8, 4) is 0 Å². The lowest BCUT2D eigenvalue weighted by Gasteiger charge is -2.40. The molecule has 5 heteroatoms. The summed E-state index contributed by atoms with van der Waals surface area (Å²) < 4.78 is 13.1. The van der Waals surface area contributed by atoms with Crippen LogP contribution >= 0.6 is 0 Å². The first-order chi connectivity index (χ1) is 12.9. The number of aliphatic hydroxyl groups excluding tert-OH is 1. The molecule has 0 fully saturated rings. The quantitative estimate of drug-likeness (QED) is 0.342. The predicted molar refractivity (Wildman–Crippen MR) is 131 cm³/mol. The van der Waals surface area contributed by atoms with Crippen LogP contribution in [-0.4, -0.2) is 35.0 Å². The van der Waals surface area contributed by atoms with Gasteiger partial charge in [0.2, 0.25) is 8.32 Å². The number of hydrogen-bond acceptors (Lipinski definition) is 3. The van der Waals surface area contributed by atoms with E-state index >= 15 is 0 Å². The molecular formula is C24H46O3Si2. The van der Waals surface area contributed by atoms with E-state index in [1.54, 1.807) is 0 Å². The second-order valence-electron chi connectivity index (χ2n) is 11.7. The zero-order chi connectivity index (χ0) is 22.8. The van der Waals surface area contributed by atoms with E-state index in [4.69, 9.17) is 8.85 Å². The van der Waals surface area contributed by atoms with Gasteiger partial charge < -0.3 is 14.0 Å². The summed E-state index contributed by atoms with van der Waals surface area (Å²) in [4.78, 5) is 0. The van der Waals surface area contributed by atoms with Crippen LogP contribution in [0.25, 0.3) is 0 Å². The van der Waals surface area contributed by atoms with Gasteiger partial charge in [-0.3, -0.25) is 0 Å². The first-order valence-electron chi connectivity index (χ1n) is 10.9. The summed E-state index contributed by atoms with van der Waals surface area (Å²) in [5.41, 5.74) is 2.22. The molecule has 0 spiro atoms. The SMILES string of the molecule is CC(=CC1C(CO)=CC(C)C=C1O[Si](C)(C)C(C)(C)C)CO[Si](C)(C)C(C)(C)C. The van der Waals surface area contributed by atoms with Gasteiger partial charge in [0.1, 0.15) is 0 Å². The first-order valence-corrected chi connectivity index (χ1v) is 16.8. The average Bonchev–Trinajstić information content (AvgIpc) is 2.52. The molecule has 1 aliphatic carbocycles. The summed E-state index contributed by atoms with van der Waals surface area (Å²) in [6, 6.07) is 0. The molecule has 29 heavy (non-hydrogen) atoms. The van der Waals surface area contributed by atoms with E-state index in [9.17, 15) is 5.11 Å². The fourth-order valence-electron chi connectivity index (χ4n) is 2.76. The highest BCUT2D eigenvalue weighted by Crippen LogP contribution is 2.42. The molecule has 0 aromatic rings. The van der Waals surface area contributed by atoms with Crippen molar-refractivity contribution in [3.05, 3.63) is 35.1 Å². The molecule has 0 heterocycles. The normalized spacial score (nSPS) is 22.3. The molecular weight excluding hydrogens is 392 g/mol. The van der Waals surface area contributed by atoms with E-state index in [0.29, 0.717) is 6.61 Å². The molecule has 168 valence electrons. The molecule has 0 bridgehead atoms. The van der Waals surface area contributed by atoms with E-state index < -0.39 is 16.6 Å². The molecule has 3 nitrogen and oxygen atoms in total. The number of hydrogen-bond donors (Lipinski definition) is 1. The smallest absolute Gasteiger partial charge is 0.250 e. The van der Waals surface area contributed by atoms with E-state index in [1.807, 2.05) is 0 Å². The Balaban J connectivity index is 3.13. The second kappa shape index (κ2) is 9.25. The lowest BCUT2D eigenvalue weighted by Crippen LogP contribution is -2.42. The summed E-state index contributed by atoms with van der Waals surface area (Å²) in [7, 11) is -3.75. The lowest BCUT2D eigenvalue weighted by atomic mass is 9.86. The van der Waals surface area contributed by atoms with Crippen molar-refractivity contribution in [2.75, 3.05) is 13.2 Å². The van der Waals surface area contributed by atoms with Gasteiger partial charge in [-0.25, -0.2) is 0 Å². The van der Waals surface area contributed by atoms with Crippen molar-refractivity contribution < 1.29 is 14.0 Å². The fourth-order valence-corrected chi connectivity index (χ4v) is 4.88. The van der Waals surface area contributed by atoms with Crippen LogP contribution < -0.4 is 0 Å². The molecule has 0 aliphatic heterocycles. The van der Waals surface area contributed by atoms with Gasteiger partial charge in [-0.05, 0) is 60.8 Å². The molecule has 1 aliphatic rings. The summed E-state index contributed by atoms with van der Waals surface area (Å²) >= 11 is 0. The number of aliphatic hydroxyl groups is 1. The second-order valence-corrected chi connectivity index (χ2v) is 21.3. The third-order valence-corrected chi connectivity index (χ3v) is 15.7. The van der Waals surface area contributed by atoms with Gasteiger partial charge in [0.15, 0.2) is 8.32 Å². The summed E-state index contributed by atoms with van der Waals surface area (Å²) in [6.45, 7) is 27.7. The molecule has 1 N–H and O–H groups in total. The predicted octanol–water partition coefficient (Wildman–Crippen LogP) is 7.04. The molecule has 0 saturated heterocycles. The van der Waals surface area contributed by atoms with Crippen LogP contribution in [0.4, 0.5) is 0 Å². The maximum Gasteiger partial charge on any atom is 0.250 e. The molecule has 0 aromatic heterocycles. The average molecular weight is 439 g/mol. The largest absolute Gasteiger partial charge is 0.546 e. The minimum Gasteiger partial charge on any atom is -0.546 e. The van der Waals surface area contributed by atoms with Gasteiger partial charge in [0, 0.05) is 0 Å². The van der Waals surface area contributed by atoms with Crippen LogP contribution in [0.5, 0.6) is 0 Å². The third-order valence-electron chi connectivity index (χ3n) is 6.89. The van der Waals surface area contributed by atoms with E-state index in [-0.39, 0.29) is 28.5 Å². The monoisotopic (exact) mass is 438 g/mol. The van der Waals surface area contributed by atoms with Crippen LogP contribution in [0.1, 0.15) is 55.4 Å². The molecule has 0 amide bonds. The Morgan fingerprint density at radius 2 is 1.52 bits per heavy atom. The summed E-state index contributed by atoms with van der Waals surface area (Å²) in [5.74, 6) is 1.26. The number of allylic oxidation sites excluding steroid dienone is 3. The Labute approximate surface area is 182 Å². The van der Waals surface area contributed by atoms with Crippen LogP contribution in [0.2, 0.25) is 36.3 Å². The van der Waals surface area contributed by atoms with Gasteiger partial charge in [0.25, 0.3) is 0 Å². The van der Waals surface area contributed by atoms with Crippen molar-refractivity contribution in [1.82, 2.24) is 0 Å². The molecule has 0 aromatic carbocycles. The maximum atomic E-state index is 10.0. The highest BCUT2D eigenvalue weighted by atomic mass is 28.4. The van der Waals surface area contributed by atoms with Crippen molar-refractivity contribution in [3.63, 3.8) is 0 Å². The Morgan fingerprint density at radius 3 is 1.97 bits per heavy atom. The molecule has 2 atom stereocenters. The maximum absolute atomic E-state index is 10.0.